The van der Waals surface area contributed by atoms with Crippen molar-refractivity contribution in [2.75, 3.05) is 13.7 Å². The highest BCUT2D eigenvalue weighted by molar-refractivity contribution is 5.33. The molecule has 0 radical (unpaired) electrons. The number of rotatable bonds is 6. The summed E-state index contributed by atoms with van der Waals surface area (Å²) in [5.41, 5.74) is 3.43. The monoisotopic (exact) mass is 245 g/mol. The molecule has 0 amide bonds. The van der Waals surface area contributed by atoms with Crippen LogP contribution >= 0.6 is 0 Å². The van der Waals surface area contributed by atoms with Gasteiger partial charge in [-0.15, -0.1) is 0 Å². The third-order valence-corrected chi connectivity index (χ3v) is 2.99. The number of nitrogens with one attached hydrogen (secondary N) is 2. The number of nitrogens with zero attached hydrogens (tertiary/aromatic N) is 1. The van der Waals surface area contributed by atoms with Gasteiger partial charge in [0.05, 0.1) is 19.1 Å². The van der Waals surface area contributed by atoms with Crippen LogP contribution in [-0.2, 0) is 13.0 Å². The van der Waals surface area contributed by atoms with E-state index in [0.717, 1.165) is 36.6 Å². The Morgan fingerprint density at radius 1 is 1.33 bits per heavy atom. The maximum Gasteiger partial charge on any atom is 0.122 e. The maximum absolute atomic E-state index is 5.32. The zero-order valence-electron chi connectivity index (χ0n) is 10.9. The molecule has 18 heavy (non-hydrogen) atoms. The second-order valence-electron chi connectivity index (χ2n) is 4.21. The van der Waals surface area contributed by atoms with Gasteiger partial charge in [-0.25, -0.2) is 4.98 Å². The van der Waals surface area contributed by atoms with Crippen LogP contribution in [0.15, 0.2) is 30.6 Å². The van der Waals surface area contributed by atoms with Crippen molar-refractivity contribution in [3.63, 3.8) is 0 Å². The molecule has 0 bridgehead atoms. The smallest absolute Gasteiger partial charge is 0.122 e. The summed E-state index contributed by atoms with van der Waals surface area (Å²) in [6.45, 7) is 3.74. The minimum Gasteiger partial charge on any atom is -0.496 e. The number of aryl methyl sites for hydroxylation is 1. The average Bonchev–Trinajstić information content (AvgIpc) is 2.81. The summed E-state index contributed by atoms with van der Waals surface area (Å²) in [4.78, 5) is 7.33. The number of imidazole rings is 1. The van der Waals surface area contributed by atoms with Gasteiger partial charge in [0.2, 0.25) is 0 Å². The summed E-state index contributed by atoms with van der Waals surface area (Å²) in [5.74, 6) is 0.954. The number of ether oxygens (including phenoxy) is 1. The van der Waals surface area contributed by atoms with Gasteiger partial charge in [0.25, 0.3) is 0 Å². The molecule has 1 aromatic heterocycles. The molecule has 4 heteroatoms. The van der Waals surface area contributed by atoms with E-state index in [9.17, 15) is 0 Å². The third kappa shape index (κ3) is 3.11. The molecule has 0 atom stereocenters. The van der Waals surface area contributed by atoms with Gasteiger partial charge in [-0.2, -0.15) is 0 Å². The van der Waals surface area contributed by atoms with Gasteiger partial charge in [-0.1, -0.05) is 18.2 Å². The van der Waals surface area contributed by atoms with Crippen LogP contribution in [-0.4, -0.2) is 23.6 Å². The van der Waals surface area contributed by atoms with Gasteiger partial charge in [0.15, 0.2) is 0 Å². The highest BCUT2D eigenvalue weighted by Gasteiger charge is 2.02. The first kappa shape index (κ1) is 12.6. The number of hydrogen-bond donors (Lipinski definition) is 2. The number of hydrogen-bond acceptors (Lipinski definition) is 3. The second-order valence-corrected chi connectivity index (χ2v) is 4.21. The number of H-pyrrole nitrogens is 1. The molecule has 1 heterocycles. The first-order chi connectivity index (χ1) is 8.81. The Balaban J connectivity index is 1.80. The summed E-state index contributed by atoms with van der Waals surface area (Å²) < 4.78 is 5.32. The van der Waals surface area contributed by atoms with E-state index in [4.69, 9.17) is 4.74 Å². The van der Waals surface area contributed by atoms with Crippen LogP contribution in [0.1, 0.15) is 17.0 Å². The van der Waals surface area contributed by atoms with Crippen LogP contribution in [0.4, 0.5) is 0 Å². The number of aromatic nitrogens is 2. The van der Waals surface area contributed by atoms with E-state index in [1.54, 1.807) is 13.4 Å². The molecule has 4 nitrogen and oxygen atoms in total. The fraction of sp³-hybridized carbons (Fsp3) is 0.357. The summed E-state index contributed by atoms with van der Waals surface area (Å²) in [5, 5.41) is 3.39. The predicted octanol–water partition coefficient (Wildman–Crippen LogP) is 2.06. The lowest BCUT2D eigenvalue weighted by atomic mass is 10.1. The van der Waals surface area contributed by atoms with Gasteiger partial charge in [0.1, 0.15) is 5.75 Å². The largest absolute Gasteiger partial charge is 0.496 e. The molecule has 2 N–H and O–H groups in total. The predicted molar refractivity (Wildman–Crippen MR) is 71.7 cm³/mol. The number of aromatic amines is 1. The molecule has 0 saturated heterocycles. The van der Waals surface area contributed by atoms with E-state index in [-0.39, 0.29) is 0 Å². The number of para-hydroxylation sites is 1. The lowest BCUT2D eigenvalue weighted by Crippen LogP contribution is -2.17. The fourth-order valence-corrected chi connectivity index (χ4v) is 1.90. The molecule has 0 aliphatic carbocycles. The maximum atomic E-state index is 5.32. The van der Waals surface area contributed by atoms with Crippen molar-refractivity contribution >= 4 is 0 Å². The molecule has 0 spiro atoms. The first-order valence-corrected chi connectivity index (χ1v) is 6.12. The summed E-state index contributed by atoms with van der Waals surface area (Å²) >= 11 is 0. The zero-order chi connectivity index (χ0) is 12.8. The lowest BCUT2D eigenvalue weighted by Gasteiger charge is -2.08. The zero-order valence-corrected chi connectivity index (χ0v) is 10.9. The van der Waals surface area contributed by atoms with Crippen molar-refractivity contribution in [2.24, 2.45) is 0 Å². The Hall–Kier alpha value is -1.81. The molecule has 0 fully saturated rings. The van der Waals surface area contributed by atoms with E-state index < -0.39 is 0 Å². The SMILES string of the molecule is COc1ccccc1CCNCc1nc[nH]c1C. The van der Waals surface area contributed by atoms with Crippen molar-refractivity contribution in [1.82, 2.24) is 15.3 Å². The van der Waals surface area contributed by atoms with Gasteiger partial charge in [-0.3, -0.25) is 0 Å². The molecule has 0 aliphatic rings. The van der Waals surface area contributed by atoms with Gasteiger partial charge in [0, 0.05) is 12.2 Å². The summed E-state index contributed by atoms with van der Waals surface area (Å²) in [6, 6.07) is 8.12. The van der Waals surface area contributed by atoms with Gasteiger partial charge in [-0.05, 0) is 31.5 Å². The number of benzene rings is 1. The molecular weight excluding hydrogens is 226 g/mol. The van der Waals surface area contributed by atoms with Crippen LogP contribution in [0.25, 0.3) is 0 Å². The van der Waals surface area contributed by atoms with E-state index in [2.05, 4.69) is 21.4 Å². The molecule has 96 valence electrons. The molecule has 1 aromatic carbocycles. The lowest BCUT2D eigenvalue weighted by molar-refractivity contribution is 0.409. The van der Waals surface area contributed by atoms with E-state index in [1.807, 2.05) is 25.1 Å². The topological polar surface area (TPSA) is 49.9 Å². The minimum absolute atomic E-state index is 0.796. The van der Waals surface area contributed by atoms with Crippen molar-refractivity contribution < 1.29 is 4.74 Å². The van der Waals surface area contributed by atoms with Crippen LogP contribution in [0.5, 0.6) is 5.75 Å². The standard InChI is InChI=1S/C14H19N3O/c1-11-13(17-10-16-11)9-15-8-7-12-5-3-4-6-14(12)18-2/h3-6,10,15H,7-9H2,1-2H3,(H,16,17). The van der Waals surface area contributed by atoms with E-state index >= 15 is 0 Å². The van der Waals surface area contributed by atoms with Crippen LogP contribution in [0.3, 0.4) is 0 Å². The summed E-state index contributed by atoms with van der Waals surface area (Å²) in [6.07, 6.45) is 2.68. The van der Waals surface area contributed by atoms with Crippen molar-refractivity contribution in [2.45, 2.75) is 19.9 Å². The normalized spacial score (nSPS) is 10.6. The molecule has 0 unspecified atom stereocenters. The van der Waals surface area contributed by atoms with Gasteiger partial charge < -0.3 is 15.0 Å². The highest BCUT2D eigenvalue weighted by atomic mass is 16.5. The van der Waals surface area contributed by atoms with Crippen LogP contribution < -0.4 is 10.1 Å². The van der Waals surface area contributed by atoms with Crippen LogP contribution in [0.2, 0.25) is 0 Å². The first-order valence-electron chi connectivity index (χ1n) is 6.12. The van der Waals surface area contributed by atoms with E-state index in [1.165, 1.54) is 5.56 Å². The Labute approximate surface area is 107 Å². The highest BCUT2D eigenvalue weighted by Crippen LogP contribution is 2.17. The molecule has 2 rings (SSSR count). The fourth-order valence-electron chi connectivity index (χ4n) is 1.90. The van der Waals surface area contributed by atoms with Crippen molar-refractivity contribution in [3.8, 4) is 5.75 Å². The van der Waals surface area contributed by atoms with Crippen LogP contribution in [0, 0.1) is 6.92 Å². The summed E-state index contributed by atoms with van der Waals surface area (Å²) in [7, 11) is 1.71. The van der Waals surface area contributed by atoms with Crippen molar-refractivity contribution in [1.29, 1.82) is 0 Å². The second kappa shape index (κ2) is 6.21. The third-order valence-electron chi connectivity index (χ3n) is 2.99. The molecule has 0 saturated carbocycles. The Bertz CT molecular complexity index is 493. The molecule has 2 aromatic rings. The van der Waals surface area contributed by atoms with Crippen molar-refractivity contribution in [3.05, 3.63) is 47.5 Å². The number of methoxy groups -OCH3 is 1. The Morgan fingerprint density at radius 2 is 2.17 bits per heavy atom. The Kier molecular flexibility index (Phi) is 4.36. The van der Waals surface area contributed by atoms with Gasteiger partial charge >= 0.3 is 0 Å². The van der Waals surface area contributed by atoms with E-state index in [0.29, 0.717) is 0 Å². The molecular formula is C14H19N3O. The average molecular weight is 245 g/mol. The molecule has 0 aliphatic heterocycles. The quantitative estimate of drug-likeness (QED) is 0.766. The Morgan fingerprint density at radius 3 is 2.89 bits per heavy atom. The minimum atomic E-state index is 0.796.